The Labute approximate surface area is 182 Å². The van der Waals surface area contributed by atoms with E-state index in [4.69, 9.17) is 11.6 Å². The Hall–Kier alpha value is -3.52. The molecule has 0 radical (unpaired) electrons. The van der Waals surface area contributed by atoms with E-state index in [-0.39, 0.29) is 22.6 Å². The Morgan fingerprint density at radius 1 is 1.19 bits per heavy atom. The van der Waals surface area contributed by atoms with Crippen molar-refractivity contribution in [1.82, 2.24) is 19.3 Å². The smallest absolute Gasteiger partial charge is 0.264 e. The van der Waals surface area contributed by atoms with Crippen LogP contribution in [0.4, 0.5) is 10.1 Å². The number of hydrogen-bond donors (Lipinski definition) is 1. The third kappa shape index (κ3) is 4.20. The highest BCUT2D eigenvalue weighted by molar-refractivity contribution is 6.30. The van der Waals surface area contributed by atoms with Gasteiger partial charge in [0, 0.05) is 5.02 Å². The number of amides is 1. The average molecular weight is 440 g/mol. The second-order valence-corrected chi connectivity index (χ2v) is 7.83. The molecule has 0 aliphatic carbocycles. The van der Waals surface area contributed by atoms with Crippen LogP contribution in [0.2, 0.25) is 5.02 Å². The van der Waals surface area contributed by atoms with Gasteiger partial charge in [-0.15, -0.1) is 0 Å². The average Bonchev–Trinajstić information content (AvgIpc) is 3.17. The van der Waals surface area contributed by atoms with E-state index in [9.17, 15) is 14.0 Å². The molecular formula is C22H19ClFN5O2. The van der Waals surface area contributed by atoms with Gasteiger partial charge in [0.1, 0.15) is 24.1 Å². The summed E-state index contributed by atoms with van der Waals surface area (Å²) in [6.07, 6.45) is 2.71. The fourth-order valence-electron chi connectivity index (χ4n) is 3.19. The van der Waals surface area contributed by atoms with Crippen molar-refractivity contribution in [1.29, 1.82) is 0 Å². The monoisotopic (exact) mass is 439 g/mol. The van der Waals surface area contributed by atoms with Crippen LogP contribution < -0.4 is 10.9 Å². The molecule has 158 valence electrons. The Morgan fingerprint density at radius 2 is 1.94 bits per heavy atom. The van der Waals surface area contributed by atoms with Gasteiger partial charge in [0.05, 0.1) is 17.6 Å². The van der Waals surface area contributed by atoms with Crippen molar-refractivity contribution in [2.24, 2.45) is 0 Å². The molecular weight excluding hydrogens is 421 g/mol. The lowest BCUT2D eigenvalue weighted by Gasteiger charge is -2.09. The van der Waals surface area contributed by atoms with E-state index in [2.05, 4.69) is 29.2 Å². The second kappa shape index (κ2) is 8.31. The third-order valence-corrected chi connectivity index (χ3v) is 5.11. The minimum Gasteiger partial charge on any atom is -0.322 e. The number of carbonyl (C=O) groups excluding carboxylic acids is 1. The molecule has 0 unspecified atom stereocenters. The maximum Gasteiger partial charge on any atom is 0.264 e. The molecule has 0 bridgehead atoms. The number of carbonyl (C=O) groups is 1. The van der Waals surface area contributed by atoms with Gasteiger partial charge in [-0.3, -0.25) is 14.2 Å². The van der Waals surface area contributed by atoms with Crippen LogP contribution in [0.3, 0.4) is 0 Å². The summed E-state index contributed by atoms with van der Waals surface area (Å²) in [5.74, 6) is -0.825. The Kier molecular flexibility index (Phi) is 5.56. The first-order valence-corrected chi connectivity index (χ1v) is 9.99. The van der Waals surface area contributed by atoms with E-state index in [0.29, 0.717) is 11.6 Å². The van der Waals surface area contributed by atoms with Crippen molar-refractivity contribution in [2.75, 3.05) is 5.32 Å². The number of fused-ring (bicyclic) bond motifs is 1. The topological polar surface area (TPSA) is 81.8 Å². The van der Waals surface area contributed by atoms with E-state index in [1.54, 1.807) is 4.68 Å². The van der Waals surface area contributed by atoms with Crippen LogP contribution in [0.25, 0.3) is 16.7 Å². The predicted molar refractivity (Wildman–Crippen MR) is 117 cm³/mol. The van der Waals surface area contributed by atoms with Crippen molar-refractivity contribution in [2.45, 2.75) is 26.3 Å². The van der Waals surface area contributed by atoms with E-state index in [1.165, 1.54) is 30.2 Å². The van der Waals surface area contributed by atoms with Crippen molar-refractivity contribution < 1.29 is 9.18 Å². The Balaban J connectivity index is 1.59. The fraction of sp³-hybridized carbons (Fsp3) is 0.182. The fourth-order valence-corrected chi connectivity index (χ4v) is 3.34. The van der Waals surface area contributed by atoms with Gasteiger partial charge in [-0.2, -0.15) is 5.10 Å². The molecule has 4 rings (SSSR count). The maximum atomic E-state index is 13.9. The lowest BCUT2D eigenvalue weighted by Crippen LogP contribution is -2.28. The first kappa shape index (κ1) is 20.7. The van der Waals surface area contributed by atoms with Crippen LogP contribution in [0.5, 0.6) is 0 Å². The molecule has 0 saturated heterocycles. The first-order valence-electron chi connectivity index (χ1n) is 9.62. The largest absolute Gasteiger partial charge is 0.322 e. The van der Waals surface area contributed by atoms with Crippen molar-refractivity contribution >= 4 is 34.2 Å². The molecule has 0 aliphatic heterocycles. The van der Waals surface area contributed by atoms with E-state index >= 15 is 0 Å². The highest BCUT2D eigenvalue weighted by atomic mass is 35.5. The highest BCUT2D eigenvalue weighted by Gasteiger charge is 2.14. The summed E-state index contributed by atoms with van der Waals surface area (Å²) < 4.78 is 16.6. The summed E-state index contributed by atoms with van der Waals surface area (Å²) in [4.78, 5) is 29.4. The highest BCUT2D eigenvalue weighted by Crippen LogP contribution is 2.20. The first-order chi connectivity index (χ1) is 14.8. The van der Waals surface area contributed by atoms with Gasteiger partial charge in [-0.1, -0.05) is 37.6 Å². The standard InChI is InChI=1S/C22H19ClFN5O2/c1-13(2)14-3-6-16(7-4-14)29-21-17(10-26-29)22(31)28(12-25-21)11-20(30)27-19-8-5-15(23)9-18(19)24/h3-10,12-13H,11H2,1-2H3,(H,27,30). The molecule has 1 amide bonds. The molecule has 0 aliphatic rings. The second-order valence-electron chi connectivity index (χ2n) is 7.39. The predicted octanol–water partition coefficient (Wildman–Crippen LogP) is 4.14. The summed E-state index contributed by atoms with van der Waals surface area (Å²) in [5.41, 5.74) is 1.93. The van der Waals surface area contributed by atoms with Crippen LogP contribution in [0.15, 0.2) is 59.8 Å². The zero-order valence-corrected chi connectivity index (χ0v) is 17.6. The Morgan fingerprint density at radius 3 is 2.61 bits per heavy atom. The molecule has 7 nitrogen and oxygen atoms in total. The molecule has 9 heteroatoms. The molecule has 31 heavy (non-hydrogen) atoms. The van der Waals surface area contributed by atoms with Gasteiger partial charge in [-0.25, -0.2) is 14.1 Å². The van der Waals surface area contributed by atoms with Gasteiger partial charge >= 0.3 is 0 Å². The van der Waals surface area contributed by atoms with Crippen molar-refractivity contribution in [3.8, 4) is 5.69 Å². The van der Waals surface area contributed by atoms with Crippen molar-refractivity contribution in [3.05, 3.63) is 81.7 Å². The molecule has 1 N–H and O–H groups in total. The third-order valence-electron chi connectivity index (χ3n) is 4.88. The molecule has 2 aromatic heterocycles. The van der Waals surface area contributed by atoms with Gasteiger partial charge < -0.3 is 5.32 Å². The summed E-state index contributed by atoms with van der Waals surface area (Å²) in [7, 11) is 0. The number of nitrogens with zero attached hydrogens (tertiary/aromatic N) is 4. The zero-order chi connectivity index (χ0) is 22.1. The van der Waals surface area contributed by atoms with E-state index < -0.39 is 17.3 Å². The number of anilines is 1. The summed E-state index contributed by atoms with van der Waals surface area (Å²) in [6.45, 7) is 3.90. The molecule has 0 spiro atoms. The molecule has 4 aromatic rings. The van der Waals surface area contributed by atoms with Crippen LogP contribution >= 0.6 is 11.6 Å². The number of rotatable bonds is 5. The summed E-state index contributed by atoms with van der Waals surface area (Å²) >= 11 is 5.71. The summed E-state index contributed by atoms with van der Waals surface area (Å²) in [6, 6.07) is 11.8. The lowest BCUT2D eigenvalue weighted by atomic mass is 10.0. The van der Waals surface area contributed by atoms with Gasteiger partial charge in [0.15, 0.2) is 5.65 Å². The van der Waals surface area contributed by atoms with E-state index in [1.807, 2.05) is 24.3 Å². The number of halogens is 2. The Bertz CT molecular complexity index is 1330. The lowest BCUT2D eigenvalue weighted by molar-refractivity contribution is -0.116. The molecule has 2 heterocycles. The minimum atomic E-state index is -0.661. The summed E-state index contributed by atoms with van der Waals surface area (Å²) in [5, 5.41) is 7.21. The van der Waals surface area contributed by atoms with Gasteiger partial charge in [-0.05, 0) is 41.8 Å². The molecule has 0 atom stereocenters. The number of benzene rings is 2. The minimum absolute atomic E-state index is 0.0193. The maximum absolute atomic E-state index is 13.9. The number of aromatic nitrogens is 4. The quantitative estimate of drug-likeness (QED) is 0.506. The van der Waals surface area contributed by atoms with E-state index in [0.717, 1.165) is 16.3 Å². The van der Waals surface area contributed by atoms with Gasteiger partial charge in [0.2, 0.25) is 5.91 Å². The van der Waals surface area contributed by atoms with Crippen LogP contribution in [0.1, 0.15) is 25.3 Å². The van der Waals surface area contributed by atoms with Crippen molar-refractivity contribution in [3.63, 3.8) is 0 Å². The number of nitrogens with one attached hydrogen (secondary N) is 1. The van der Waals surface area contributed by atoms with Crippen LogP contribution in [-0.4, -0.2) is 25.2 Å². The normalized spacial score (nSPS) is 11.3. The number of hydrogen-bond acceptors (Lipinski definition) is 4. The molecule has 0 fully saturated rings. The van der Waals surface area contributed by atoms with Crippen LogP contribution in [0, 0.1) is 5.82 Å². The molecule has 2 aromatic carbocycles. The SMILES string of the molecule is CC(C)c1ccc(-n2ncc3c(=O)n(CC(=O)Nc4ccc(Cl)cc4F)cnc32)cc1. The van der Waals surface area contributed by atoms with Gasteiger partial charge in [0.25, 0.3) is 5.56 Å². The molecule has 0 saturated carbocycles. The van der Waals surface area contributed by atoms with Crippen LogP contribution in [-0.2, 0) is 11.3 Å². The zero-order valence-electron chi connectivity index (χ0n) is 16.8.